The van der Waals surface area contributed by atoms with E-state index in [-0.39, 0.29) is 43.5 Å². The van der Waals surface area contributed by atoms with Crippen LogP contribution in [0.5, 0.6) is 5.75 Å². The number of phenols is 1. The summed E-state index contributed by atoms with van der Waals surface area (Å²) in [6.45, 7) is 3.71. The number of rotatable bonds is 11. The number of carbonyl (C=O) groups excluding carboxylic acids is 3. The highest BCUT2D eigenvalue weighted by Gasteiger charge is 2.45. The molecule has 1 saturated carbocycles. The number of hydrogen-bond donors (Lipinski definition) is 4. The van der Waals surface area contributed by atoms with Crippen molar-refractivity contribution in [2.45, 2.75) is 64.2 Å². The number of amides is 2. The highest BCUT2D eigenvalue weighted by molar-refractivity contribution is 6.05. The standard InChI is InChI=1S/C30H38N2O7/c1-20-5-7-22(8-6-20)29(2,23-9-11-24(33)12-10-23)16-17-39-26(36)18-21-4-3-14-30(15-13-21,27(31)37)28(38)32-19-25(34)35/h5-12,21,33H,3-4,13-19H2,1-2H3,(H2,31,37)(H,32,38)(H,34,35). The molecule has 2 aromatic carbocycles. The first-order chi connectivity index (χ1) is 18.5. The van der Waals surface area contributed by atoms with Gasteiger partial charge in [-0.3, -0.25) is 19.2 Å². The Hall–Kier alpha value is -3.88. The van der Waals surface area contributed by atoms with Crippen molar-refractivity contribution < 1.29 is 34.1 Å². The lowest BCUT2D eigenvalue weighted by atomic mass is 9.74. The lowest BCUT2D eigenvalue weighted by Gasteiger charge is -2.31. The number of aryl methyl sites for hydroxylation is 1. The number of phenolic OH excluding ortho intramolecular Hbond substituents is 1. The van der Waals surface area contributed by atoms with E-state index in [4.69, 9.17) is 15.6 Å². The summed E-state index contributed by atoms with van der Waals surface area (Å²) in [5, 5.41) is 20.9. The van der Waals surface area contributed by atoms with E-state index in [1.165, 1.54) is 0 Å². The molecule has 9 nitrogen and oxygen atoms in total. The lowest BCUT2D eigenvalue weighted by Crippen LogP contribution is -2.50. The Kier molecular flexibility index (Phi) is 9.72. The Bertz CT molecular complexity index is 1130. The monoisotopic (exact) mass is 538 g/mol. The zero-order chi connectivity index (χ0) is 28.6. The first-order valence-corrected chi connectivity index (χ1v) is 13.3. The van der Waals surface area contributed by atoms with Gasteiger partial charge in [0.1, 0.15) is 17.7 Å². The van der Waals surface area contributed by atoms with Crippen molar-refractivity contribution >= 4 is 23.8 Å². The summed E-state index contributed by atoms with van der Waals surface area (Å²) >= 11 is 0. The fraction of sp³-hybridized carbons (Fsp3) is 0.467. The number of aliphatic carboxylic acids is 1. The van der Waals surface area contributed by atoms with E-state index in [1.54, 1.807) is 12.1 Å². The molecule has 210 valence electrons. The first kappa shape index (κ1) is 29.7. The highest BCUT2D eigenvalue weighted by atomic mass is 16.5. The van der Waals surface area contributed by atoms with E-state index in [1.807, 2.05) is 31.2 Å². The quantitative estimate of drug-likeness (QED) is 0.193. The third kappa shape index (κ3) is 7.37. The molecule has 0 bridgehead atoms. The fourth-order valence-corrected chi connectivity index (χ4v) is 5.40. The van der Waals surface area contributed by atoms with Crippen LogP contribution in [-0.4, -0.2) is 47.1 Å². The highest BCUT2D eigenvalue weighted by Crippen LogP contribution is 2.39. The summed E-state index contributed by atoms with van der Waals surface area (Å²) in [7, 11) is 0. The molecule has 1 aliphatic rings. The number of carboxylic acids is 1. The van der Waals surface area contributed by atoms with Crippen LogP contribution in [0.3, 0.4) is 0 Å². The van der Waals surface area contributed by atoms with Gasteiger partial charge in [0.2, 0.25) is 11.8 Å². The van der Waals surface area contributed by atoms with E-state index >= 15 is 0 Å². The SMILES string of the molecule is Cc1ccc(C(C)(CCOC(=O)CC2CCCC(C(N)=O)(C(=O)NCC(=O)O)CC2)c2ccc(O)cc2)cc1. The number of esters is 1. The Balaban J connectivity index is 1.61. The van der Waals surface area contributed by atoms with Gasteiger partial charge in [0, 0.05) is 11.8 Å². The molecule has 3 unspecified atom stereocenters. The van der Waals surface area contributed by atoms with Gasteiger partial charge in [-0.05, 0) is 68.2 Å². The summed E-state index contributed by atoms with van der Waals surface area (Å²) in [4.78, 5) is 48.6. The average Bonchev–Trinajstić information content (AvgIpc) is 3.11. The van der Waals surface area contributed by atoms with E-state index in [0.29, 0.717) is 25.7 Å². The minimum Gasteiger partial charge on any atom is -0.508 e. The predicted molar refractivity (Wildman–Crippen MR) is 145 cm³/mol. The normalized spacial score (nSPS) is 20.7. The largest absolute Gasteiger partial charge is 0.508 e. The molecular weight excluding hydrogens is 500 g/mol. The fourth-order valence-electron chi connectivity index (χ4n) is 5.40. The Morgan fingerprint density at radius 1 is 1.03 bits per heavy atom. The maximum atomic E-state index is 12.8. The number of nitrogens with two attached hydrogens (primary N) is 1. The number of nitrogens with one attached hydrogen (secondary N) is 1. The van der Waals surface area contributed by atoms with Gasteiger partial charge in [-0.2, -0.15) is 0 Å². The molecule has 39 heavy (non-hydrogen) atoms. The van der Waals surface area contributed by atoms with Gasteiger partial charge in [0.15, 0.2) is 0 Å². The molecule has 0 aromatic heterocycles. The second-order valence-electron chi connectivity index (χ2n) is 10.7. The number of aromatic hydroxyl groups is 1. The van der Waals surface area contributed by atoms with Gasteiger partial charge in [0.25, 0.3) is 0 Å². The van der Waals surface area contributed by atoms with Gasteiger partial charge >= 0.3 is 11.9 Å². The van der Waals surface area contributed by atoms with Gasteiger partial charge in [-0.15, -0.1) is 0 Å². The maximum absolute atomic E-state index is 12.8. The van der Waals surface area contributed by atoms with Crippen LogP contribution in [0.4, 0.5) is 0 Å². The predicted octanol–water partition coefficient (Wildman–Crippen LogP) is 3.58. The van der Waals surface area contributed by atoms with Crippen LogP contribution in [0.2, 0.25) is 0 Å². The van der Waals surface area contributed by atoms with E-state index in [9.17, 15) is 24.3 Å². The summed E-state index contributed by atoms with van der Waals surface area (Å²) in [6, 6.07) is 15.3. The van der Waals surface area contributed by atoms with Crippen LogP contribution in [0.25, 0.3) is 0 Å². The number of carbonyl (C=O) groups is 4. The Morgan fingerprint density at radius 2 is 1.64 bits per heavy atom. The molecular formula is C30H38N2O7. The molecule has 0 radical (unpaired) electrons. The molecule has 2 aromatic rings. The van der Waals surface area contributed by atoms with Crippen molar-refractivity contribution in [2.75, 3.05) is 13.2 Å². The van der Waals surface area contributed by atoms with Gasteiger partial charge < -0.3 is 26.0 Å². The van der Waals surface area contributed by atoms with Crippen LogP contribution in [0, 0.1) is 18.3 Å². The number of primary amides is 1. The summed E-state index contributed by atoms with van der Waals surface area (Å²) in [6.07, 6.45) is 2.61. The maximum Gasteiger partial charge on any atom is 0.322 e. The first-order valence-electron chi connectivity index (χ1n) is 13.3. The zero-order valence-electron chi connectivity index (χ0n) is 22.6. The number of hydrogen-bond acceptors (Lipinski definition) is 6. The molecule has 3 rings (SSSR count). The number of carboxylic acid groups (broad SMARTS) is 1. The molecule has 0 aliphatic heterocycles. The molecule has 5 N–H and O–H groups in total. The summed E-state index contributed by atoms with van der Waals surface area (Å²) in [5.74, 6) is -2.91. The number of benzene rings is 2. The van der Waals surface area contributed by atoms with Crippen LogP contribution >= 0.6 is 0 Å². The molecule has 1 aliphatic carbocycles. The molecule has 1 fully saturated rings. The zero-order valence-corrected chi connectivity index (χ0v) is 22.6. The second-order valence-corrected chi connectivity index (χ2v) is 10.7. The second kappa shape index (κ2) is 12.8. The van der Waals surface area contributed by atoms with Crippen molar-refractivity contribution in [3.8, 4) is 5.75 Å². The van der Waals surface area contributed by atoms with E-state index in [2.05, 4.69) is 24.4 Å². The third-order valence-electron chi connectivity index (χ3n) is 8.02. The molecule has 2 amide bonds. The molecule has 0 spiro atoms. The van der Waals surface area contributed by atoms with Crippen LogP contribution in [0.1, 0.15) is 68.6 Å². The smallest absolute Gasteiger partial charge is 0.322 e. The van der Waals surface area contributed by atoms with Crippen LogP contribution < -0.4 is 11.1 Å². The number of ether oxygens (including phenoxy) is 1. The summed E-state index contributed by atoms with van der Waals surface area (Å²) < 4.78 is 5.66. The molecule has 9 heteroatoms. The minimum atomic E-state index is -1.48. The third-order valence-corrected chi connectivity index (χ3v) is 8.02. The molecule has 3 atom stereocenters. The topological polar surface area (TPSA) is 156 Å². The van der Waals surface area contributed by atoms with E-state index in [0.717, 1.165) is 16.7 Å². The van der Waals surface area contributed by atoms with Crippen molar-refractivity contribution in [1.29, 1.82) is 0 Å². The summed E-state index contributed by atoms with van der Waals surface area (Å²) in [5.41, 5.74) is 6.87. The minimum absolute atomic E-state index is 0.0772. The van der Waals surface area contributed by atoms with Crippen LogP contribution in [0.15, 0.2) is 48.5 Å². The van der Waals surface area contributed by atoms with Crippen molar-refractivity contribution in [1.82, 2.24) is 5.32 Å². The molecule has 0 heterocycles. The van der Waals surface area contributed by atoms with Crippen molar-refractivity contribution in [2.24, 2.45) is 17.1 Å². The average molecular weight is 539 g/mol. The Morgan fingerprint density at radius 3 is 2.23 bits per heavy atom. The van der Waals surface area contributed by atoms with E-state index < -0.39 is 35.2 Å². The van der Waals surface area contributed by atoms with Gasteiger partial charge in [0.05, 0.1) is 6.61 Å². The lowest BCUT2D eigenvalue weighted by molar-refractivity contribution is -0.146. The van der Waals surface area contributed by atoms with Gasteiger partial charge in [-0.25, -0.2) is 0 Å². The van der Waals surface area contributed by atoms with Gasteiger partial charge in [-0.1, -0.05) is 55.3 Å². The van der Waals surface area contributed by atoms with Crippen molar-refractivity contribution in [3.63, 3.8) is 0 Å². The molecule has 0 saturated heterocycles. The Labute approximate surface area is 228 Å². The van der Waals surface area contributed by atoms with Crippen LogP contribution in [-0.2, 0) is 29.3 Å². The van der Waals surface area contributed by atoms with Crippen molar-refractivity contribution in [3.05, 3.63) is 65.2 Å².